The summed E-state index contributed by atoms with van der Waals surface area (Å²) < 4.78 is 0. The normalized spacial score (nSPS) is 9.24. The summed E-state index contributed by atoms with van der Waals surface area (Å²) in [7, 11) is 0. The highest BCUT2D eigenvalue weighted by atomic mass is 32.2. The van der Waals surface area contributed by atoms with E-state index in [1.807, 2.05) is 6.07 Å². The Balaban J connectivity index is 2.56. The molecule has 0 spiro atoms. The van der Waals surface area contributed by atoms with E-state index in [2.05, 4.69) is 11.8 Å². The lowest BCUT2D eigenvalue weighted by Gasteiger charge is -1.95. The highest BCUT2D eigenvalue weighted by molar-refractivity contribution is 8.13. The first kappa shape index (κ1) is 13.3. The van der Waals surface area contributed by atoms with Gasteiger partial charge in [0.25, 0.3) is 0 Å². The van der Waals surface area contributed by atoms with Gasteiger partial charge in [0.2, 0.25) is 5.91 Å². The summed E-state index contributed by atoms with van der Waals surface area (Å²) in [6.45, 7) is 1.54. The molecule has 1 rings (SSSR count). The summed E-state index contributed by atoms with van der Waals surface area (Å²) in [5.74, 6) is 6.11. The zero-order valence-corrected chi connectivity index (χ0v) is 10.3. The van der Waals surface area contributed by atoms with Crippen LogP contribution in [0.2, 0.25) is 0 Å². The molecule has 0 aliphatic heterocycles. The van der Waals surface area contributed by atoms with Gasteiger partial charge in [0.15, 0.2) is 5.12 Å². The van der Waals surface area contributed by atoms with E-state index in [-0.39, 0.29) is 5.12 Å². The first-order chi connectivity index (χ1) is 8.09. The maximum absolute atomic E-state index is 10.9. The summed E-state index contributed by atoms with van der Waals surface area (Å²) in [4.78, 5) is 21.6. The fraction of sp³-hybridized carbons (Fsp3) is 0.231. The van der Waals surface area contributed by atoms with E-state index in [0.717, 1.165) is 5.56 Å². The quantitative estimate of drug-likeness (QED) is 0.654. The Morgan fingerprint density at radius 3 is 2.82 bits per heavy atom. The van der Waals surface area contributed by atoms with Crippen molar-refractivity contribution in [3.8, 4) is 11.8 Å². The van der Waals surface area contributed by atoms with Gasteiger partial charge in [-0.3, -0.25) is 9.59 Å². The Kier molecular flexibility index (Phi) is 5.31. The zero-order valence-electron chi connectivity index (χ0n) is 9.53. The molecule has 2 N–H and O–H groups in total. The van der Waals surface area contributed by atoms with Gasteiger partial charge in [0, 0.05) is 30.2 Å². The van der Waals surface area contributed by atoms with Crippen LogP contribution in [0.5, 0.6) is 0 Å². The Hall–Kier alpha value is -1.73. The van der Waals surface area contributed by atoms with Crippen molar-refractivity contribution in [1.82, 2.24) is 0 Å². The summed E-state index contributed by atoms with van der Waals surface area (Å²) in [5.41, 5.74) is 6.38. The first-order valence-electron chi connectivity index (χ1n) is 5.11. The highest BCUT2D eigenvalue weighted by Crippen LogP contribution is 2.04. The summed E-state index contributed by atoms with van der Waals surface area (Å²) in [6, 6.07) is 6.87. The SMILES string of the molecule is CC(=O)SCCC#Cc1cccc(C(N)=O)c1. The second-order valence-electron chi connectivity index (χ2n) is 3.34. The monoisotopic (exact) mass is 247 g/mol. The number of carbonyl (C=O) groups excluding carboxylic acids is 2. The molecule has 0 saturated carbocycles. The standard InChI is InChI=1S/C13H13NO2S/c1-10(15)17-8-3-2-5-11-6-4-7-12(9-11)13(14)16/h4,6-7,9H,3,8H2,1H3,(H2,14,16). The van der Waals surface area contributed by atoms with Crippen molar-refractivity contribution in [3.05, 3.63) is 35.4 Å². The van der Waals surface area contributed by atoms with Crippen molar-refractivity contribution in [1.29, 1.82) is 0 Å². The molecule has 3 nitrogen and oxygen atoms in total. The topological polar surface area (TPSA) is 60.2 Å². The number of amides is 1. The van der Waals surface area contributed by atoms with Crippen molar-refractivity contribution >= 4 is 22.8 Å². The minimum atomic E-state index is -0.458. The van der Waals surface area contributed by atoms with Crippen LogP contribution in [-0.4, -0.2) is 16.8 Å². The number of rotatable bonds is 3. The van der Waals surface area contributed by atoms with Crippen molar-refractivity contribution in [2.45, 2.75) is 13.3 Å². The van der Waals surface area contributed by atoms with Crippen molar-refractivity contribution in [3.63, 3.8) is 0 Å². The molecule has 1 amide bonds. The van der Waals surface area contributed by atoms with E-state index in [1.54, 1.807) is 18.2 Å². The average molecular weight is 247 g/mol. The van der Waals surface area contributed by atoms with E-state index in [4.69, 9.17) is 5.73 Å². The number of thioether (sulfide) groups is 1. The largest absolute Gasteiger partial charge is 0.366 e. The minimum Gasteiger partial charge on any atom is -0.366 e. The molecule has 0 fully saturated rings. The van der Waals surface area contributed by atoms with Crippen LogP contribution in [0.4, 0.5) is 0 Å². The number of nitrogens with two attached hydrogens (primary N) is 1. The van der Waals surface area contributed by atoms with E-state index in [0.29, 0.717) is 17.7 Å². The summed E-state index contributed by atoms with van der Waals surface area (Å²) in [5, 5.41) is 0.0996. The Morgan fingerprint density at radius 2 is 2.18 bits per heavy atom. The third kappa shape index (κ3) is 5.23. The van der Waals surface area contributed by atoms with Gasteiger partial charge < -0.3 is 5.73 Å². The molecule has 88 valence electrons. The lowest BCUT2D eigenvalue weighted by atomic mass is 10.1. The Labute approximate surface area is 105 Å². The fourth-order valence-electron chi connectivity index (χ4n) is 1.16. The van der Waals surface area contributed by atoms with Gasteiger partial charge in [-0.2, -0.15) is 0 Å². The Bertz CT molecular complexity index is 486. The molecule has 0 atom stereocenters. The molecule has 0 unspecified atom stereocenters. The number of carbonyl (C=O) groups is 2. The molecule has 0 saturated heterocycles. The molecule has 4 heteroatoms. The Morgan fingerprint density at radius 1 is 1.41 bits per heavy atom. The van der Waals surface area contributed by atoms with E-state index >= 15 is 0 Å². The molecule has 0 aromatic heterocycles. The second kappa shape index (κ2) is 6.77. The van der Waals surface area contributed by atoms with Crippen LogP contribution in [-0.2, 0) is 4.79 Å². The average Bonchev–Trinajstić information content (AvgIpc) is 2.28. The lowest BCUT2D eigenvalue weighted by Crippen LogP contribution is -2.10. The third-order valence-electron chi connectivity index (χ3n) is 1.91. The van der Waals surface area contributed by atoms with Gasteiger partial charge in [-0.15, -0.1) is 0 Å². The van der Waals surface area contributed by atoms with Crippen molar-refractivity contribution < 1.29 is 9.59 Å². The second-order valence-corrected chi connectivity index (χ2v) is 4.61. The van der Waals surface area contributed by atoms with Crippen LogP contribution in [0.3, 0.4) is 0 Å². The molecule has 0 heterocycles. The maximum Gasteiger partial charge on any atom is 0.248 e. The predicted octanol–water partition coefficient (Wildman–Crippen LogP) is 1.81. The van der Waals surface area contributed by atoms with Crippen LogP contribution in [0.1, 0.15) is 29.3 Å². The number of hydrogen-bond donors (Lipinski definition) is 1. The molecule has 0 aliphatic rings. The van der Waals surface area contributed by atoms with Crippen molar-refractivity contribution in [2.75, 3.05) is 5.75 Å². The van der Waals surface area contributed by atoms with Crippen molar-refractivity contribution in [2.24, 2.45) is 5.73 Å². The van der Waals surface area contributed by atoms with Gasteiger partial charge >= 0.3 is 0 Å². The molecule has 0 bridgehead atoms. The third-order valence-corrected chi connectivity index (χ3v) is 2.73. The van der Waals surface area contributed by atoms with Crippen LogP contribution >= 0.6 is 11.8 Å². The van der Waals surface area contributed by atoms with Gasteiger partial charge in [-0.05, 0) is 18.2 Å². The van der Waals surface area contributed by atoms with Gasteiger partial charge in [0.05, 0.1) is 0 Å². The lowest BCUT2D eigenvalue weighted by molar-refractivity contribution is -0.109. The molecule has 1 aromatic rings. The maximum atomic E-state index is 10.9. The van der Waals surface area contributed by atoms with Gasteiger partial charge in [-0.1, -0.05) is 29.7 Å². The smallest absolute Gasteiger partial charge is 0.248 e. The summed E-state index contributed by atoms with van der Waals surface area (Å²) in [6.07, 6.45) is 0.644. The zero-order chi connectivity index (χ0) is 12.7. The van der Waals surface area contributed by atoms with E-state index < -0.39 is 5.91 Å². The molecule has 0 radical (unpaired) electrons. The molecular formula is C13H13NO2S. The van der Waals surface area contributed by atoms with Gasteiger partial charge in [-0.25, -0.2) is 0 Å². The molecule has 17 heavy (non-hydrogen) atoms. The first-order valence-corrected chi connectivity index (χ1v) is 6.10. The number of benzene rings is 1. The van der Waals surface area contributed by atoms with E-state index in [9.17, 15) is 9.59 Å². The number of hydrogen-bond acceptors (Lipinski definition) is 3. The molecular weight excluding hydrogens is 234 g/mol. The molecule has 0 aliphatic carbocycles. The van der Waals surface area contributed by atoms with Crippen LogP contribution in [0.15, 0.2) is 24.3 Å². The minimum absolute atomic E-state index is 0.0996. The van der Waals surface area contributed by atoms with Gasteiger partial charge in [0.1, 0.15) is 0 Å². The van der Waals surface area contributed by atoms with E-state index in [1.165, 1.54) is 18.7 Å². The summed E-state index contributed by atoms with van der Waals surface area (Å²) >= 11 is 1.26. The van der Waals surface area contributed by atoms with Crippen LogP contribution < -0.4 is 5.73 Å². The predicted molar refractivity (Wildman–Crippen MR) is 69.6 cm³/mol. The number of primary amides is 1. The highest BCUT2D eigenvalue weighted by Gasteiger charge is 1.98. The molecule has 1 aromatic carbocycles. The van der Waals surface area contributed by atoms with Crippen LogP contribution in [0, 0.1) is 11.8 Å². The van der Waals surface area contributed by atoms with Crippen LogP contribution in [0.25, 0.3) is 0 Å². The fourth-order valence-corrected chi connectivity index (χ4v) is 1.65.